The Morgan fingerprint density at radius 1 is 0.412 bits per heavy atom. The van der Waals surface area contributed by atoms with Crippen molar-refractivity contribution in [2.24, 2.45) is 0 Å². The van der Waals surface area contributed by atoms with Crippen molar-refractivity contribution in [1.82, 2.24) is 0 Å². The zero-order chi connectivity index (χ0) is 22.6. The van der Waals surface area contributed by atoms with E-state index in [1.807, 2.05) is 12.1 Å². The number of fused-ring (bicyclic) bond motifs is 9. The molecule has 1 atom stereocenters. The van der Waals surface area contributed by atoms with Gasteiger partial charge in [0.1, 0.15) is 7.80 Å². The summed E-state index contributed by atoms with van der Waals surface area (Å²) in [6.45, 7) is 0. The van der Waals surface area contributed by atoms with Crippen LogP contribution in [0.1, 0.15) is 0 Å². The lowest BCUT2D eigenvalue weighted by Crippen LogP contribution is -2.08. The Morgan fingerprint density at radius 2 is 1.15 bits per heavy atom. The highest BCUT2D eigenvalue weighted by atomic mass is 31.1. The molecule has 34 heavy (non-hydrogen) atoms. The fourth-order valence-corrected chi connectivity index (χ4v) is 7.23. The van der Waals surface area contributed by atoms with Gasteiger partial charge in [0.15, 0.2) is 0 Å². The van der Waals surface area contributed by atoms with Gasteiger partial charge in [-0.25, -0.2) is 0 Å². The van der Waals surface area contributed by atoms with Crippen molar-refractivity contribution in [3.63, 3.8) is 0 Å². The smallest absolute Gasteiger partial charge is 0.133 e. The van der Waals surface area contributed by atoms with E-state index in [-0.39, 0.29) is 0 Å². The molecule has 0 aliphatic carbocycles. The second kappa shape index (κ2) is 7.55. The molecule has 0 fully saturated rings. The SMILES string of the molecule is O=[PH]1c2ccccc2-c2ccc3c(-c4ccccc4)cccc3c2-c2c1ccc1ccccc21. The van der Waals surface area contributed by atoms with Gasteiger partial charge < -0.3 is 4.57 Å². The van der Waals surface area contributed by atoms with Crippen LogP contribution in [-0.2, 0) is 4.57 Å². The molecule has 2 heteroatoms. The summed E-state index contributed by atoms with van der Waals surface area (Å²) in [6.07, 6.45) is 0. The molecule has 6 aromatic carbocycles. The molecule has 6 aromatic rings. The van der Waals surface area contributed by atoms with Crippen LogP contribution < -0.4 is 10.6 Å². The maximum atomic E-state index is 14.0. The minimum Gasteiger partial charge on any atom is -0.317 e. The third kappa shape index (κ3) is 2.78. The van der Waals surface area contributed by atoms with Crippen LogP contribution in [0.15, 0.2) is 121 Å². The topological polar surface area (TPSA) is 17.1 Å². The normalized spacial score (nSPS) is 14.3. The number of hydrogen-bond donors (Lipinski definition) is 0. The first-order valence-corrected chi connectivity index (χ1v) is 13.0. The molecule has 1 nitrogen and oxygen atoms in total. The van der Waals surface area contributed by atoms with E-state index in [1.54, 1.807) is 0 Å². The molecular formula is C32H21OP. The number of hydrogen-bond acceptors (Lipinski definition) is 1. The van der Waals surface area contributed by atoms with Crippen LogP contribution in [0, 0.1) is 0 Å². The highest BCUT2D eigenvalue weighted by molar-refractivity contribution is 7.62. The quantitative estimate of drug-likeness (QED) is 0.232. The van der Waals surface area contributed by atoms with E-state index in [2.05, 4.69) is 109 Å². The van der Waals surface area contributed by atoms with Gasteiger partial charge in [0.2, 0.25) is 0 Å². The summed E-state index contributed by atoms with van der Waals surface area (Å²) in [5.74, 6) is 0. The van der Waals surface area contributed by atoms with Crippen molar-refractivity contribution in [2.75, 3.05) is 0 Å². The van der Waals surface area contributed by atoms with Crippen molar-refractivity contribution in [3.8, 4) is 33.4 Å². The molecule has 160 valence electrons. The Balaban J connectivity index is 1.70. The number of rotatable bonds is 1. The van der Waals surface area contributed by atoms with E-state index in [1.165, 1.54) is 32.8 Å². The summed E-state index contributed by atoms with van der Waals surface area (Å²) in [7, 11) is -2.18. The lowest BCUT2D eigenvalue weighted by atomic mass is 9.85. The molecule has 1 unspecified atom stereocenters. The largest absolute Gasteiger partial charge is 0.317 e. The third-order valence-electron chi connectivity index (χ3n) is 7.03. The second-order valence-corrected chi connectivity index (χ2v) is 10.6. The molecule has 0 bridgehead atoms. The Morgan fingerprint density at radius 3 is 2.06 bits per heavy atom. The van der Waals surface area contributed by atoms with E-state index in [4.69, 9.17) is 0 Å². The van der Waals surface area contributed by atoms with Gasteiger partial charge >= 0.3 is 0 Å². The van der Waals surface area contributed by atoms with Crippen LogP contribution in [0.5, 0.6) is 0 Å². The van der Waals surface area contributed by atoms with Gasteiger partial charge in [-0.15, -0.1) is 0 Å². The summed E-state index contributed by atoms with van der Waals surface area (Å²) in [5, 5.41) is 6.64. The predicted molar refractivity (Wildman–Crippen MR) is 146 cm³/mol. The fourth-order valence-electron chi connectivity index (χ4n) is 5.51. The summed E-state index contributed by atoms with van der Waals surface area (Å²) < 4.78 is 14.0. The lowest BCUT2D eigenvalue weighted by Gasteiger charge is -2.18. The van der Waals surface area contributed by atoms with Crippen molar-refractivity contribution < 1.29 is 4.57 Å². The first-order valence-electron chi connectivity index (χ1n) is 11.6. The summed E-state index contributed by atoms with van der Waals surface area (Å²) in [4.78, 5) is 0. The van der Waals surface area contributed by atoms with Gasteiger partial charge in [-0.3, -0.25) is 0 Å². The first-order chi connectivity index (χ1) is 16.8. The maximum absolute atomic E-state index is 14.0. The number of benzene rings is 6. The minimum atomic E-state index is -2.18. The highest BCUT2D eigenvalue weighted by Gasteiger charge is 2.27. The van der Waals surface area contributed by atoms with Crippen LogP contribution in [-0.4, -0.2) is 0 Å². The molecule has 0 radical (unpaired) electrons. The lowest BCUT2D eigenvalue weighted by molar-refractivity contribution is 0.598. The van der Waals surface area contributed by atoms with Crippen LogP contribution in [0.3, 0.4) is 0 Å². The van der Waals surface area contributed by atoms with Crippen molar-refractivity contribution in [3.05, 3.63) is 121 Å². The van der Waals surface area contributed by atoms with Crippen molar-refractivity contribution in [2.45, 2.75) is 0 Å². The van der Waals surface area contributed by atoms with Crippen molar-refractivity contribution >= 4 is 40.0 Å². The molecule has 1 aliphatic heterocycles. The van der Waals surface area contributed by atoms with E-state index in [0.29, 0.717) is 0 Å². The highest BCUT2D eigenvalue weighted by Crippen LogP contribution is 2.47. The zero-order valence-corrected chi connectivity index (χ0v) is 19.5. The third-order valence-corrected chi connectivity index (χ3v) is 8.86. The molecule has 0 N–H and O–H groups in total. The molecule has 0 saturated heterocycles. The molecule has 0 aromatic heterocycles. The molecule has 0 saturated carbocycles. The van der Waals surface area contributed by atoms with Gasteiger partial charge in [-0.1, -0.05) is 121 Å². The standard InChI is InChI=1S/C32H21OP/c33-34-29-16-7-6-13-26(29)28-19-18-25-23(21-9-2-1-3-10-21)14-8-15-27(25)31(28)32-24-12-5-4-11-22(24)17-20-30(32)34/h1-20,34H. The van der Waals surface area contributed by atoms with E-state index in [0.717, 1.165) is 32.7 Å². The Bertz CT molecular complexity index is 1770. The Kier molecular flexibility index (Phi) is 4.34. The van der Waals surface area contributed by atoms with Gasteiger partial charge in [0.05, 0.1) is 0 Å². The first kappa shape index (κ1) is 19.5. The van der Waals surface area contributed by atoms with E-state index >= 15 is 0 Å². The van der Waals surface area contributed by atoms with Crippen LogP contribution in [0.2, 0.25) is 0 Å². The van der Waals surface area contributed by atoms with Gasteiger partial charge in [0.25, 0.3) is 0 Å². The average molecular weight is 452 g/mol. The van der Waals surface area contributed by atoms with Crippen LogP contribution in [0.4, 0.5) is 0 Å². The zero-order valence-electron chi connectivity index (χ0n) is 18.5. The fraction of sp³-hybridized carbons (Fsp3) is 0. The monoisotopic (exact) mass is 452 g/mol. The van der Waals surface area contributed by atoms with Crippen molar-refractivity contribution in [1.29, 1.82) is 0 Å². The second-order valence-electron chi connectivity index (χ2n) is 8.84. The van der Waals surface area contributed by atoms with Crippen LogP contribution in [0.25, 0.3) is 54.9 Å². The molecule has 0 amide bonds. The summed E-state index contributed by atoms with van der Waals surface area (Å²) in [6, 6.07) is 42.5. The predicted octanol–water partition coefficient (Wildman–Crippen LogP) is 7.82. The van der Waals surface area contributed by atoms with E-state index < -0.39 is 7.80 Å². The molecule has 0 spiro atoms. The van der Waals surface area contributed by atoms with Gasteiger partial charge in [-0.2, -0.15) is 0 Å². The maximum Gasteiger partial charge on any atom is 0.133 e. The summed E-state index contributed by atoms with van der Waals surface area (Å²) >= 11 is 0. The molecule has 7 rings (SSSR count). The summed E-state index contributed by atoms with van der Waals surface area (Å²) in [5.41, 5.74) is 6.95. The average Bonchev–Trinajstić information content (AvgIpc) is 3.02. The van der Waals surface area contributed by atoms with Crippen LogP contribution >= 0.6 is 7.80 Å². The Labute approximate surface area is 199 Å². The van der Waals surface area contributed by atoms with Gasteiger partial charge in [0, 0.05) is 16.2 Å². The minimum absolute atomic E-state index is 0.946. The molecule has 1 heterocycles. The molecule has 1 aliphatic rings. The Hall–Kier alpha value is -3.93. The van der Waals surface area contributed by atoms with E-state index in [9.17, 15) is 4.57 Å². The molecular weight excluding hydrogens is 431 g/mol. The van der Waals surface area contributed by atoms with Gasteiger partial charge in [-0.05, 0) is 49.4 Å².